The van der Waals surface area contributed by atoms with Gasteiger partial charge in [0.15, 0.2) is 0 Å². The van der Waals surface area contributed by atoms with Gasteiger partial charge in [0.1, 0.15) is 0 Å². The third-order valence-electron chi connectivity index (χ3n) is 3.18. The van der Waals surface area contributed by atoms with Crippen LogP contribution < -0.4 is 10.2 Å². The van der Waals surface area contributed by atoms with Crippen LogP contribution in [0.15, 0.2) is 18.2 Å². The predicted octanol–water partition coefficient (Wildman–Crippen LogP) is 3.90. The Morgan fingerprint density at radius 3 is 2.60 bits per heavy atom. The van der Waals surface area contributed by atoms with Crippen LogP contribution in [0.2, 0.25) is 0 Å². The van der Waals surface area contributed by atoms with E-state index in [2.05, 4.69) is 31.0 Å². The van der Waals surface area contributed by atoms with Gasteiger partial charge in [-0.1, -0.05) is 20.8 Å². The highest BCUT2D eigenvalue weighted by molar-refractivity contribution is 5.64. The Morgan fingerprint density at radius 1 is 1.35 bits per heavy atom. The molecule has 0 radical (unpaired) electrons. The van der Waals surface area contributed by atoms with Crippen LogP contribution in [0.5, 0.6) is 0 Å². The van der Waals surface area contributed by atoms with Crippen LogP contribution in [0, 0.1) is 16.0 Å². The Kier molecular flexibility index (Phi) is 6.28. The highest BCUT2D eigenvalue weighted by Crippen LogP contribution is 2.26. The lowest BCUT2D eigenvalue weighted by Gasteiger charge is -2.21. The summed E-state index contributed by atoms with van der Waals surface area (Å²) in [6, 6.07) is 5.20. The molecule has 1 aromatic carbocycles. The number of benzene rings is 1. The van der Waals surface area contributed by atoms with Crippen molar-refractivity contribution in [3.63, 3.8) is 0 Å². The van der Waals surface area contributed by atoms with Crippen LogP contribution in [0.25, 0.3) is 0 Å². The number of nitro benzene ring substituents is 1. The Balaban J connectivity index is 2.92. The highest BCUT2D eigenvalue weighted by atomic mass is 16.6. The molecule has 5 heteroatoms. The van der Waals surface area contributed by atoms with Gasteiger partial charge >= 0.3 is 0 Å². The number of anilines is 2. The standard InChI is InChI=1S/C15H25N3O2/c1-5-7-16-13-9-14(11-15(10-13)18(19)20)17(4)8-6-12(2)3/h9-12,16H,5-8H2,1-4H3. The van der Waals surface area contributed by atoms with E-state index in [0.717, 1.165) is 37.3 Å². The van der Waals surface area contributed by atoms with Crippen molar-refractivity contribution in [2.24, 2.45) is 5.92 Å². The van der Waals surface area contributed by atoms with Gasteiger partial charge in [0.05, 0.1) is 4.92 Å². The van der Waals surface area contributed by atoms with E-state index in [-0.39, 0.29) is 10.6 Å². The smallest absolute Gasteiger partial charge is 0.273 e. The summed E-state index contributed by atoms with van der Waals surface area (Å²) in [7, 11) is 1.98. The van der Waals surface area contributed by atoms with E-state index in [0.29, 0.717) is 5.92 Å². The van der Waals surface area contributed by atoms with Crippen molar-refractivity contribution < 1.29 is 4.92 Å². The van der Waals surface area contributed by atoms with Gasteiger partial charge in [0.2, 0.25) is 0 Å². The third kappa shape index (κ3) is 5.07. The van der Waals surface area contributed by atoms with E-state index < -0.39 is 0 Å². The zero-order valence-electron chi connectivity index (χ0n) is 12.8. The quantitative estimate of drug-likeness (QED) is 0.579. The van der Waals surface area contributed by atoms with Gasteiger partial charge in [-0.15, -0.1) is 0 Å². The van der Waals surface area contributed by atoms with Gasteiger partial charge in [-0.3, -0.25) is 10.1 Å². The van der Waals surface area contributed by atoms with Crippen molar-refractivity contribution in [2.45, 2.75) is 33.6 Å². The topological polar surface area (TPSA) is 58.4 Å². The maximum absolute atomic E-state index is 11.0. The number of rotatable bonds is 8. The summed E-state index contributed by atoms with van der Waals surface area (Å²) in [5, 5.41) is 14.2. The number of nitrogens with one attached hydrogen (secondary N) is 1. The molecule has 20 heavy (non-hydrogen) atoms. The van der Waals surface area contributed by atoms with Crippen LogP contribution in [0.3, 0.4) is 0 Å². The van der Waals surface area contributed by atoms with Crippen molar-refractivity contribution in [1.82, 2.24) is 0 Å². The minimum atomic E-state index is -0.336. The fraction of sp³-hybridized carbons (Fsp3) is 0.600. The van der Waals surface area contributed by atoms with E-state index >= 15 is 0 Å². The van der Waals surface area contributed by atoms with Crippen LogP contribution >= 0.6 is 0 Å². The number of nitro groups is 1. The Morgan fingerprint density at radius 2 is 2.05 bits per heavy atom. The number of non-ortho nitro benzene ring substituents is 1. The summed E-state index contributed by atoms with van der Waals surface area (Å²) in [5.74, 6) is 0.619. The average molecular weight is 279 g/mol. The van der Waals surface area contributed by atoms with Crippen molar-refractivity contribution in [2.75, 3.05) is 30.4 Å². The zero-order valence-corrected chi connectivity index (χ0v) is 12.8. The zero-order chi connectivity index (χ0) is 15.1. The van der Waals surface area contributed by atoms with Crippen LogP contribution in [0.4, 0.5) is 17.1 Å². The molecule has 1 aromatic rings. The fourth-order valence-electron chi connectivity index (χ4n) is 1.87. The largest absolute Gasteiger partial charge is 0.385 e. The van der Waals surface area contributed by atoms with Gasteiger partial charge in [-0.25, -0.2) is 0 Å². The van der Waals surface area contributed by atoms with E-state index in [1.165, 1.54) is 0 Å². The lowest BCUT2D eigenvalue weighted by Crippen LogP contribution is -2.20. The molecule has 112 valence electrons. The molecule has 0 aliphatic rings. The van der Waals surface area contributed by atoms with Gasteiger partial charge in [-0.05, 0) is 24.8 Å². The van der Waals surface area contributed by atoms with Gasteiger partial charge in [-0.2, -0.15) is 0 Å². The van der Waals surface area contributed by atoms with Gasteiger partial charge in [0.25, 0.3) is 5.69 Å². The number of hydrogen-bond acceptors (Lipinski definition) is 4. The second-order valence-electron chi connectivity index (χ2n) is 5.53. The maximum atomic E-state index is 11.0. The van der Waals surface area contributed by atoms with Crippen LogP contribution in [-0.2, 0) is 0 Å². The predicted molar refractivity (Wildman–Crippen MR) is 84.6 cm³/mol. The third-order valence-corrected chi connectivity index (χ3v) is 3.18. The summed E-state index contributed by atoms with van der Waals surface area (Å²) >= 11 is 0. The molecule has 0 amide bonds. The molecule has 0 heterocycles. The first kappa shape index (κ1) is 16.3. The number of nitrogens with zero attached hydrogens (tertiary/aromatic N) is 2. The van der Waals surface area contributed by atoms with E-state index in [4.69, 9.17) is 0 Å². The summed E-state index contributed by atoms with van der Waals surface area (Å²) in [6.07, 6.45) is 2.05. The molecule has 0 aliphatic carbocycles. The first-order valence-electron chi connectivity index (χ1n) is 7.18. The molecule has 0 aliphatic heterocycles. The molecule has 1 rings (SSSR count). The van der Waals surface area contributed by atoms with Crippen molar-refractivity contribution in [1.29, 1.82) is 0 Å². The second-order valence-corrected chi connectivity index (χ2v) is 5.53. The average Bonchev–Trinajstić information content (AvgIpc) is 2.41. The molecule has 0 spiro atoms. The molecule has 0 atom stereocenters. The van der Waals surface area contributed by atoms with Crippen molar-refractivity contribution in [3.8, 4) is 0 Å². The maximum Gasteiger partial charge on any atom is 0.273 e. The van der Waals surface area contributed by atoms with Crippen LogP contribution in [-0.4, -0.2) is 25.1 Å². The van der Waals surface area contributed by atoms with Gasteiger partial charge < -0.3 is 10.2 Å². The summed E-state index contributed by atoms with van der Waals surface area (Å²) in [5.41, 5.74) is 1.84. The second kappa shape index (κ2) is 7.72. The molecule has 0 saturated heterocycles. The molecule has 1 N–H and O–H groups in total. The first-order valence-corrected chi connectivity index (χ1v) is 7.18. The van der Waals surface area contributed by atoms with Crippen molar-refractivity contribution >= 4 is 17.1 Å². The normalized spacial score (nSPS) is 10.7. The summed E-state index contributed by atoms with van der Waals surface area (Å²) < 4.78 is 0. The SMILES string of the molecule is CCCNc1cc(N(C)CCC(C)C)cc([N+](=O)[O-])c1. The molecule has 0 saturated carbocycles. The molecule has 0 unspecified atom stereocenters. The Bertz CT molecular complexity index is 447. The van der Waals surface area contributed by atoms with Gasteiger partial charge in [0, 0.05) is 43.6 Å². The minimum Gasteiger partial charge on any atom is -0.385 e. The van der Waals surface area contributed by atoms with Crippen molar-refractivity contribution in [3.05, 3.63) is 28.3 Å². The van der Waals surface area contributed by atoms with E-state index in [1.807, 2.05) is 13.1 Å². The minimum absolute atomic E-state index is 0.137. The summed E-state index contributed by atoms with van der Waals surface area (Å²) in [6.45, 7) is 8.13. The fourth-order valence-corrected chi connectivity index (χ4v) is 1.87. The molecular weight excluding hydrogens is 254 g/mol. The Hall–Kier alpha value is -1.78. The molecule has 0 bridgehead atoms. The van der Waals surface area contributed by atoms with Crippen LogP contribution in [0.1, 0.15) is 33.6 Å². The molecule has 5 nitrogen and oxygen atoms in total. The molecule has 0 aromatic heterocycles. The summed E-state index contributed by atoms with van der Waals surface area (Å²) in [4.78, 5) is 12.8. The van der Waals surface area contributed by atoms with E-state index in [1.54, 1.807) is 12.1 Å². The van der Waals surface area contributed by atoms with E-state index in [9.17, 15) is 10.1 Å². The Labute approximate surface area is 121 Å². The monoisotopic (exact) mass is 279 g/mol. The first-order chi connectivity index (χ1) is 9.43. The molecule has 0 fully saturated rings. The lowest BCUT2D eigenvalue weighted by atomic mass is 10.1. The highest BCUT2D eigenvalue weighted by Gasteiger charge is 2.12. The lowest BCUT2D eigenvalue weighted by molar-refractivity contribution is -0.384. The number of hydrogen-bond donors (Lipinski definition) is 1. The molecular formula is C15H25N3O2.